The number of Topliss-reactive ketones (excluding diaryl/α,β-unsaturated/α-hetero) is 1. The average molecular weight is 371 g/mol. The van der Waals surface area contributed by atoms with Gasteiger partial charge in [0.2, 0.25) is 0 Å². The maximum absolute atomic E-state index is 13.0. The number of nitrogens with zero attached hydrogens (tertiary/aromatic N) is 1. The Morgan fingerprint density at radius 1 is 1.19 bits per heavy atom. The summed E-state index contributed by atoms with van der Waals surface area (Å²) in [5.74, 6) is -0.616. The van der Waals surface area contributed by atoms with E-state index in [0.717, 1.165) is 4.88 Å². The predicted molar refractivity (Wildman–Crippen MR) is 102 cm³/mol. The van der Waals surface area contributed by atoms with Gasteiger partial charge in [-0.2, -0.15) is 0 Å². The minimum Gasteiger partial charge on any atom is -0.503 e. The number of aliphatic hydroxyl groups is 1. The number of anilines is 1. The topological polar surface area (TPSA) is 66.8 Å². The van der Waals surface area contributed by atoms with Crippen molar-refractivity contribution in [3.63, 3.8) is 0 Å². The van der Waals surface area contributed by atoms with Crippen molar-refractivity contribution in [2.24, 2.45) is 5.41 Å². The average Bonchev–Trinajstić information content (AvgIpc) is 3.21. The van der Waals surface area contributed by atoms with E-state index in [1.807, 2.05) is 17.5 Å². The summed E-state index contributed by atoms with van der Waals surface area (Å²) in [5, 5.41) is 12.4. The van der Waals surface area contributed by atoms with Crippen molar-refractivity contribution in [2.45, 2.75) is 26.8 Å². The zero-order valence-electron chi connectivity index (χ0n) is 15.1. The largest absolute Gasteiger partial charge is 0.503 e. The number of carbonyl (C=O) groups is 2. The van der Waals surface area contributed by atoms with E-state index in [9.17, 15) is 14.7 Å². The van der Waals surface area contributed by atoms with Gasteiger partial charge in [0.15, 0.2) is 11.5 Å². The lowest BCUT2D eigenvalue weighted by Crippen LogP contribution is -2.32. The lowest BCUT2D eigenvalue weighted by atomic mass is 9.83. The number of benzene rings is 1. The molecule has 0 radical (unpaired) electrons. The smallest absolute Gasteiger partial charge is 0.294 e. The Labute approximate surface area is 156 Å². The summed E-state index contributed by atoms with van der Waals surface area (Å²) in [6.07, 6.45) is 0. The fourth-order valence-electron chi connectivity index (χ4n) is 2.97. The van der Waals surface area contributed by atoms with Crippen LogP contribution in [0.5, 0.6) is 5.75 Å². The summed E-state index contributed by atoms with van der Waals surface area (Å²) >= 11 is 1.45. The van der Waals surface area contributed by atoms with E-state index in [0.29, 0.717) is 11.4 Å². The highest BCUT2D eigenvalue weighted by Crippen LogP contribution is 2.44. The SMILES string of the molecule is COc1ccc(N2C(=O)C(O)=C(C(=O)C(C)(C)C)C2c2cccs2)cc1. The van der Waals surface area contributed by atoms with E-state index in [-0.39, 0.29) is 11.4 Å². The van der Waals surface area contributed by atoms with E-state index in [4.69, 9.17) is 4.74 Å². The maximum atomic E-state index is 13.0. The van der Waals surface area contributed by atoms with Crippen LogP contribution in [0, 0.1) is 5.41 Å². The molecule has 1 N–H and O–H groups in total. The normalized spacial score (nSPS) is 17.8. The quantitative estimate of drug-likeness (QED) is 0.871. The minimum absolute atomic E-state index is 0.153. The van der Waals surface area contributed by atoms with Crippen LogP contribution in [0.4, 0.5) is 5.69 Å². The van der Waals surface area contributed by atoms with Gasteiger partial charge in [-0.1, -0.05) is 26.8 Å². The molecule has 0 aliphatic carbocycles. The van der Waals surface area contributed by atoms with Gasteiger partial charge in [0, 0.05) is 16.0 Å². The van der Waals surface area contributed by atoms with Crippen LogP contribution in [0.15, 0.2) is 53.1 Å². The molecule has 1 aromatic carbocycles. The molecule has 1 aliphatic rings. The highest BCUT2D eigenvalue weighted by molar-refractivity contribution is 7.10. The Bertz CT molecular complexity index is 860. The highest BCUT2D eigenvalue weighted by Gasteiger charge is 2.47. The Hall–Kier alpha value is -2.60. The third-order valence-electron chi connectivity index (χ3n) is 4.30. The standard InChI is InChI=1S/C20H21NO4S/c1-20(2,3)18(23)15-16(14-6-5-11-26-14)21(19(24)17(15)22)12-7-9-13(25-4)10-8-12/h5-11,16,22H,1-4H3. The van der Waals surface area contributed by atoms with Gasteiger partial charge in [0.1, 0.15) is 11.8 Å². The number of amides is 1. The number of aliphatic hydroxyl groups excluding tert-OH is 1. The second-order valence-corrected chi connectivity index (χ2v) is 8.11. The molecule has 1 atom stereocenters. The van der Waals surface area contributed by atoms with Crippen molar-refractivity contribution in [2.75, 3.05) is 12.0 Å². The lowest BCUT2D eigenvalue weighted by molar-refractivity contribution is -0.123. The molecule has 0 bridgehead atoms. The molecule has 0 fully saturated rings. The molecular weight excluding hydrogens is 350 g/mol. The number of ketones is 1. The molecule has 6 heteroatoms. The first-order valence-electron chi connectivity index (χ1n) is 8.24. The number of hydrogen-bond donors (Lipinski definition) is 1. The second kappa shape index (κ2) is 6.61. The fourth-order valence-corrected chi connectivity index (χ4v) is 3.79. The monoisotopic (exact) mass is 371 g/mol. The molecule has 0 saturated heterocycles. The molecule has 3 rings (SSSR count). The van der Waals surface area contributed by atoms with Crippen molar-refractivity contribution in [1.82, 2.24) is 0 Å². The van der Waals surface area contributed by atoms with E-state index in [2.05, 4.69) is 0 Å². The summed E-state index contributed by atoms with van der Waals surface area (Å²) in [5.41, 5.74) is 0.0351. The highest BCUT2D eigenvalue weighted by atomic mass is 32.1. The van der Waals surface area contributed by atoms with Crippen molar-refractivity contribution >= 4 is 28.7 Å². The molecule has 1 aliphatic heterocycles. The molecule has 2 heterocycles. The van der Waals surface area contributed by atoms with Crippen LogP contribution in [0.1, 0.15) is 31.7 Å². The van der Waals surface area contributed by atoms with Crippen LogP contribution in [0.2, 0.25) is 0 Å². The van der Waals surface area contributed by atoms with Crippen LogP contribution >= 0.6 is 11.3 Å². The number of rotatable bonds is 4. The molecular formula is C20H21NO4S. The van der Waals surface area contributed by atoms with E-state index >= 15 is 0 Å². The zero-order chi connectivity index (χ0) is 19.1. The Morgan fingerprint density at radius 2 is 1.85 bits per heavy atom. The van der Waals surface area contributed by atoms with Crippen LogP contribution < -0.4 is 9.64 Å². The van der Waals surface area contributed by atoms with Crippen LogP contribution in [-0.2, 0) is 9.59 Å². The van der Waals surface area contributed by atoms with Gasteiger partial charge in [-0.25, -0.2) is 0 Å². The molecule has 2 aromatic rings. The Balaban J connectivity index is 2.13. The van der Waals surface area contributed by atoms with Gasteiger partial charge in [0.25, 0.3) is 5.91 Å². The van der Waals surface area contributed by atoms with Gasteiger partial charge in [-0.15, -0.1) is 11.3 Å². The summed E-state index contributed by atoms with van der Waals surface area (Å²) in [6, 6.07) is 10.1. The lowest BCUT2D eigenvalue weighted by Gasteiger charge is -2.28. The van der Waals surface area contributed by atoms with Crippen molar-refractivity contribution in [1.29, 1.82) is 0 Å². The summed E-state index contributed by atoms with van der Waals surface area (Å²) in [7, 11) is 1.57. The maximum Gasteiger partial charge on any atom is 0.294 e. The molecule has 5 nitrogen and oxygen atoms in total. The minimum atomic E-state index is -0.713. The van der Waals surface area contributed by atoms with E-state index in [1.54, 1.807) is 52.1 Å². The first-order valence-corrected chi connectivity index (χ1v) is 9.12. The number of methoxy groups -OCH3 is 1. The van der Waals surface area contributed by atoms with Crippen molar-refractivity contribution in [3.05, 3.63) is 58.0 Å². The third-order valence-corrected chi connectivity index (χ3v) is 5.22. The first-order chi connectivity index (χ1) is 12.3. The van der Waals surface area contributed by atoms with Crippen molar-refractivity contribution < 1.29 is 19.4 Å². The molecule has 1 amide bonds. The van der Waals surface area contributed by atoms with E-state index in [1.165, 1.54) is 16.2 Å². The molecule has 1 unspecified atom stereocenters. The molecule has 1 aromatic heterocycles. The van der Waals surface area contributed by atoms with Gasteiger partial charge in [0.05, 0.1) is 12.7 Å². The summed E-state index contributed by atoms with van der Waals surface area (Å²) < 4.78 is 5.17. The zero-order valence-corrected chi connectivity index (χ0v) is 16.0. The fraction of sp³-hybridized carbons (Fsp3) is 0.300. The molecule has 136 valence electrons. The number of ether oxygens (including phenoxy) is 1. The van der Waals surface area contributed by atoms with Crippen LogP contribution in [0.3, 0.4) is 0 Å². The Kier molecular flexibility index (Phi) is 4.63. The third kappa shape index (κ3) is 3.01. The first kappa shape index (κ1) is 18.2. The summed E-state index contributed by atoms with van der Waals surface area (Å²) in [4.78, 5) is 28.1. The second-order valence-electron chi connectivity index (χ2n) is 7.13. The van der Waals surface area contributed by atoms with Crippen LogP contribution in [-0.4, -0.2) is 23.9 Å². The van der Waals surface area contributed by atoms with Gasteiger partial charge < -0.3 is 9.84 Å². The van der Waals surface area contributed by atoms with Gasteiger partial charge in [-0.3, -0.25) is 14.5 Å². The Morgan fingerprint density at radius 3 is 2.35 bits per heavy atom. The number of hydrogen-bond acceptors (Lipinski definition) is 5. The van der Waals surface area contributed by atoms with Crippen molar-refractivity contribution in [3.8, 4) is 5.75 Å². The molecule has 0 saturated carbocycles. The van der Waals surface area contributed by atoms with E-state index < -0.39 is 23.1 Å². The number of thiophene rings is 1. The van der Waals surface area contributed by atoms with Gasteiger partial charge in [-0.05, 0) is 35.7 Å². The molecule has 0 spiro atoms. The van der Waals surface area contributed by atoms with Gasteiger partial charge >= 0.3 is 0 Å². The predicted octanol–water partition coefficient (Wildman–Crippen LogP) is 4.27. The number of carbonyl (C=O) groups excluding carboxylic acids is 2. The summed E-state index contributed by atoms with van der Waals surface area (Å²) in [6.45, 7) is 5.34. The molecule has 26 heavy (non-hydrogen) atoms. The van der Waals surface area contributed by atoms with Crippen LogP contribution in [0.25, 0.3) is 0 Å².